The van der Waals surface area contributed by atoms with Crippen LogP contribution in [-0.2, 0) is 6.54 Å². The molecule has 0 aliphatic carbocycles. The maximum Gasteiger partial charge on any atom is 0.261 e. The van der Waals surface area contributed by atoms with Gasteiger partial charge in [0.1, 0.15) is 5.82 Å². The highest BCUT2D eigenvalue weighted by Gasteiger charge is 2.38. The van der Waals surface area contributed by atoms with Crippen LogP contribution in [0.3, 0.4) is 0 Å². The first-order valence-corrected chi connectivity index (χ1v) is 6.21. The summed E-state index contributed by atoms with van der Waals surface area (Å²) in [6, 6.07) is 3.09. The van der Waals surface area contributed by atoms with Crippen LogP contribution < -0.4 is 0 Å². The van der Waals surface area contributed by atoms with Gasteiger partial charge >= 0.3 is 0 Å². The van der Waals surface area contributed by atoms with Crippen molar-refractivity contribution in [2.24, 2.45) is 0 Å². The Morgan fingerprint density at radius 1 is 1.41 bits per heavy atom. The molecule has 0 saturated carbocycles. The van der Waals surface area contributed by atoms with Crippen LogP contribution >= 0.6 is 15.9 Å². The van der Waals surface area contributed by atoms with Gasteiger partial charge in [-0.1, -0.05) is 15.9 Å². The van der Waals surface area contributed by atoms with E-state index in [-0.39, 0.29) is 18.8 Å². The van der Waals surface area contributed by atoms with Gasteiger partial charge in [-0.25, -0.2) is 13.2 Å². The summed E-state index contributed by atoms with van der Waals surface area (Å²) in [4.78, 5) is 1.65. The van der Waals surface area contributed by atoms with Gasteiger partial charge in [-0.05, 0) is 30.2 Å². The summed E-state index contributed by atoms with van der Waals surface area (Å²) >= 11 is 3.34. The van der Waals surface area contributed by atoms with E-state index in [9.17, 15) is 13.2 Å². The number of aryl methyl sites for hydroxylation is 1. The molecule has 0 spiro atoms. The average molecular weight is 308 g/mol. The summed E-state index contributed by atoms with van der Waals surface area (Å²) in [5.74, 6) is -2.90. The van der Waals surface area contributed by atoms with Crippen molar-refractivity contribution in [2.75, 3.05) is 13.1 Å². The first-order valence-electron chi connectivity index (χ1n) is 5.42. The summed E-state index contributed by atoms with van der Waals surface area (Å²) in [6.45, 7) is 2.14. The summed E-state index contributed by atoms with van der Waals surface area (Å²) in [6.07, 6.45) is -0.112. The molecule has 5 heteroatoms. The van der Waals surface area contributed by atoms with Crippen LogP contribution in [-0.4, -0.2) is 23.9 Å². The zero-order valence-corrected chi connectivity index (χ0v) is 11.0. The SMILES string of the molecule is Cc1cc(Br)c(CN2CCC(F)(F)C2)cc1F. The first kappa shape index (κ1) is 12.9. The second kappa shape index (κ2) is 4.61. The maximum absolute atomic E-state index is 13.4. The monoisotopic (exact) mass is 307 g/mol. The minimum absolute atomic E-state index is 0.112. The number of hydrogen-bond acceptors (Lipinski definition) is 1. The third-order valence-electron chi connectivity index (χ3n) is 2.97. The number of alkyl halides is 2. The van der Waals surface area contributed by atoms with Crippen LogP contribution in [0.2, 0.25) is 0 Å². The fourth-order valence-corrected chi connectivity index (χ4v) is 2.57. The summed E-state index contributed by atoms with van der Waals surface area (Å²) in [7, 11) is 0. The topological polar surface area (TPSA) is 3.24 Å². The van der Waals surface area contributed by atoms with E-state index in [2.05, 4.69) is 15.9 Å². The largest absolute Gasteiger partial charge is 0.293 e. The van der Waals surface area contributed by atoms with E-state index in [1.54, 1.807) is 17.9 Å². The molecular formula is C12H13BrF3N. The van der Waals surface area contributed by atoms with Gasteiger partial charge in [-0.2, -0.15) is 0 Å². The smallest absolute Gasteiger partial charge is 0.261 e. The molecule has 1 saturated heterocycles. The Balaban J connectivity index is 2.12. The predicted molar refractivity (Wildman–Crippen MR) is 63.7 cm³/mol. The van der Waals surface area contributed by atoms with Gasteiger partial charge in [-0.3, -0.25) is 4.90 Å². The molecule has 2 rings (SSSR count). The molecule has 1 aromatic rings. The molecule has 17 heavy (non-hydrogen) atoms. The van der Waals surface area contributed by atoms with Crippen LogP contribution in [0.25, 0.3) is 0 Å². The van der Waals surface area contributed by atoms with E-state index in [1.807, 2.05) is 0 Å². The summed E-state index contributed by atoms with van der Waals surface area (Å²) in [5, 5.41) is 0. The average Bonchev–Trinajstić information content (AvgIpc) is 2.54. The Morgan fingerprint density at radius 2 is 2.12 bits per heavy atom. The van der Waals surface area contributed by atoms with Crippen LogP contribution in [0.4, 0.5) is 13.2 Å². The second-order valence-corrected chi connectivity index (χ2v) is 5.36. The highest BCUT2D eigenvalue weighted by Crippen LogP contribution is 2.29. The van der Waals surface area contributed by atoms with Gasteiger partial charge in [-0.15, -0.1) is 0 Å². The van der Waals surface area contributed by atoms with Crippen molar-refractivity contribution in [1.29, 1.82) is 0 Å². The molecule has 0 bridgehead atoms. The minimum atomic E-state index is -2.60. The molecule has 1 heterocycles. The Kier molecular flexibility index (Phi) is 3.50. The van der Waals surface area contributed by atoms with Gasteiger partial charge < -0.3 is 0 Å². The van der Waals surface area contributed by atoms with Crippen molar-refractivity contribution < 1.29 is 13.2 Å². The maximum atomic E-state index is 13.4. The van der Waals surface area contributed by atoms with E-state index in [1.165, 1.54) is 6.07 Å². The number of nitrogens with zero attached hydrogens (tertiary/aromatic N) is 1. The van der Waals surface area contributed by atoms with Crippen LogP contribution in [0.1, 0.15) is 17.5 Å². The molecule has 1 nitrogen and oxygen atoms in total. The van der Waals surface area contributed by atoms with Crippen molar-refractivity contribution in [3.05, 3.63) is 33.5 Å². The van der Waals surface area contributed by atoms with E-state index in [4.69, 9.17) is 0 Å². The number of halogens is 4. The van der Waals surface area contributed by atoms with Crippen LogP contribution in [0.5, 0.6) is 0 Å². The normalized spacial score (nSPS) is 19.8. The number of hydrogen-bond donors (Lipinski definition) is 0. The summed E-state index contributed by atoms with van der Waals surface area (Å²) < 4.78 is 40.2. The number of benzene rings is 1. The molecule has 0 amide bonds. The molecule has 0 radical (unpaired) electrons. The quantitative estimate of drug-likeness (QED) is 0.804. The van der Waals surface area contributed by atoms with E-state index in [0.717, 1.165) is 4.47 Å². The van der Waals surface area contributed by atoms with Gasteiger partial charge in [0, 0.05) is 24.0 Å². The minimum Gasteiger partial charge on any atom is -0.293 e. The van der Waals surface area contributed by atoms with Crippen molar-refractivity contribution in [3.8, 4) is 0 Å². The first-order chi connectivity index (χ1) is 7.87. The summed E-state index contributed by atoms with van der Waals surface area (Å²) in [5.41, 5.74) is 1.26. The van der Waals surface area contributed by atoms with Crippen LogP contribution in [0.15, 0.2) is 16.6 Å². The zero-order valence-electron chi connectivity index (χ0n) is 9.44. The number of rotatable bonds is 2. The zero-order chi connectivity index (χ0) is 12.6. The molecular weight excluding hydrogens is 295 g/mol. The fourth-order valence-electron chi connectivity index (χ4n) is 1.99. The predicted octanol–water partition coefficient (Wildman–Crippen LogP) is 3.74. The molecule has 1 aliphatic heterocycles. The van der Waals surface area contributed by atoms with Crippen molar-refractivity contribution >= 4 is 15.9 Å². The van der Waals surface area contributed by atoms with E-state index >= 15 is 0 Å². The molecule has 1 aromatic carbocycles. The Labute approximate surface area is 107 Å². The van der Waals surface area contributed by atoms with Crippen molar-refractivity contribution in [2.45, 2.75) is 25.8 Å². The third kappa shape index (κ3) is 3.01. The molecule has 1 fully saturated rings. The highest BCUT2D eigenvalue weighted by atomic mass is 79.9. The lowest BCUT2D eigenvalue weighted by Gasteiger charge is -2.17. The van der Waals surface area contributed by atoms with E-state index in [0.29, 0.717) is 24.2 Å². The Morgan fingerprint density at radius 3 is 2.71 bits per heavy atom. The standard InChI is InChI=1S/C12H13BrF3N/c1-8-4-10(13)9(5-11(8)14)6-17-3-2-12(15,16)7-17/h4-5H,2-3,6-7H2,1H3. The highest BCUT2D eigenvalue weighted by molar-refractivity contribution is 9.10. The Bertz CT molecular complexity index is 434. The van der Waals surface area contributed by atoms with Gasteiger partial charge in [0.15, 0.2) is 0 Å². The lowest BCUT2D eigenvalue weighted by Crippen LogP contribution is -2.25. The molecule has 0 N–H and O–H groups in total. The fraction of sp³-hybridized carbons (Fsp3) is 0.500. The third-order valence-corrected chi connectivity index (χ3v) is 3.71. The van der Waals surface area contributed by atoms with E-state index < -0.39 is 5.92 Å². The molecule has 0 unspecified atom stereocenters. The van der Waals surface area contributed by atoms with Crippen LogP contribution in [0, 0.1) is 12.7 Å². The lowest BCUT2D eigenvalue weighted by atomic mass is 10.1. The van der Waals surface area contributed by atoms with Gasteiger partial charge in [0.05, 0.1) is 6.54 Å². The second-order valence-electron chi connectivity index (χ2n) is 4.51. The van der Waals surface area contributed by atoms with Gasteiger partial charge in [0.25, 0.3) is 5.92 Å². The van der Waals surface area contributed by atoms with Crippen molar-refractivity contribution in [1.82, 2.24) is 4.90 Å². The Hall–Kier alpha value is -0.550. The molecule has 0 atom stereocenters. The number of likely N-dealkylation sites (tertiary alicyclic amines) is 1. The van der Waals surface area contributed by atoms with Gasteiger partial charge in [0.2, 0.25) is 0 Å². The van der Waals surface area contributed by atoms with Crippen molar-refractivity contribution in [3.63, 3.8) is 0 Å². The molecule has 1 aliphatic rings. The lowest BCUT2D eigenvalue weighted by molar-refractivity contribution is 0.0115. The molecule has 0 aromatic heterocycles. The molecule has 94 valence electrons.